The summed E-state index contributed by atoms with van der Waals surface area (Å²) in [7, 11) is 0. The highest BCUT2D eigenvalue weighted by Gasteiger charge is 2.22. The van der Waals surface area contributed by atoms with Crippen LogP contribution in [0.1, 0.15) is 36.8 Å². The maximum atomic E-state index is 12.2. The molecule has 0 bridgehead atoms. The van der Waals surface area contributed by atoms with Gasteiger partial charge in [-0.05, 0) is 19.3 Å². The van der Waals surface area contributed by atoms with Gasteiger partial charge in [0.15, 0.2) is 0 Å². The molecule has 0 aliphatic heterocycles. The Morgan fingerprint density at radius 2 is 2.00 bits per heavy atom. The lowest BCUT2D eigenvalue weighted by atomic mass is 10.0. The second kappa shape index (κ2) is 6.37. The Morgan fingerprint density at radius 1 is 1.30 bits per heavy atom. The summed E-state index contributed by atoms with van der Waals surface area (Å²) in [6, 6.07) is 9.69. The first kappa shape index (κ1) is 14.3. The molecule has 1 heterocycles. The molecule has 106 valence electrons. The van der Waals surface area contributed by atoms with Crippen LogP contribution in [0.3, 0.4) is 0 Å². The van der Waals surface area contributed by atoms with E-state index < -0.39 is 0 Å². The van der Waals surface area contributed by atoms with Crippen molar-refractivity contribution in [2.75, 3.05) is 6.61 Å². The second-order valence-electron chi connectivity index (χ2n) is 5.11. The van der Waals surface area contributed by atoms with Gasteiger partial charge in [-0.3, -0.25) is 5.10 Å². The van der Waals surface area contributed by atoms with Crippen molar-refractivity contribution in [3.8, 4) is 11.3 Å². The van der Waals surface area contributed by atoms with E-state index in [1.54, 1.807) is 0 Å². The fourth-order valence-corrected chi connectivity index (χ4v) is 2.16. The van der Waals surface area contributed by atoms with Crippen LogP contribution in [0.25, 0.3) is 11.3 Å². The van der Waals surface area contributed by atoms with Crippen LogP contribution >= 0.6 is 0 Å². The van der Waals surface area contributed by atoms with Gasteiger partial charge >= 0.3 is 5.97 Å². The van der Waals surface area contributed by atoms with Gasteiger partial charge in [-0.1, -0.05) is 44.2 Å². The number of ether oxygens (including phenoxy) is 1. The predicted molar refractivity (Wildman–Crippen MR) is 78.5 cm³/mol. The van der Waals surface area contributed by atoms with Gasteiger partial charge in [-0.25, -0.2) is 4.79 Å². The lowest BCUT2D eigenvalue weighted by Crippen LogP contribution is -2.09. The molecule has 0 aliphatic carbocycles. The van der Waals surface area contributed by atoms with E-state index in [-0.39, 0.29) is 5.97 Å². The zero-order valence-corrected chi connectivity index (χ0v) is 12.1. The van der Waals surface area contributed by atoms with Gasteiger partial charge in [0.2, 0.25) is 0 Å². The average Bonchev–Trinajstić information content (AvgIpc) is 2.83. The summed E-state index contributed by atoms with van der Waals surface area (Å²) in [4.78, 5) is 12.2. The third-order valence-electron chi connectivity index (χ3n) is 2.98. The standard InChI is InChI=1S/C16H20N2O2/c1-4-20-16(19)14-13(10-11(2)3)17-18-15(14)12-8-6-5-7-9-12/h5-9,11H,4,10H2,1-3H3,(H,17,18). The number of carbonyl (C=O) groups is 1. The molecule has 4 heteroatoms. The van der Waals surface area contributed by atoms with Crippen LogP contribution < -0.4 is 0 Å². The zero-order valence-electron chi connectivity index (χ0n) is 12.1. The number of esters is 1. The molecule has 0 aliphatic rings. The lowest BCUT2D eigenvalue weighted by Gasteiger charge is -2.07. The second-order valence-corrected chi connectivity index (χ2v) is 5.11. The Hall–Kier alpha value is -2.10. The Kier molecular flexibility index (Phi) is 4.56. The number of nitrogens with zero attached hydrogens (tertiary/aromatic N) is 1. The van der Waals surface area contributed by atoms with Gasteiger partial charge in [0.1, 0.15) is 11.3 Å². The van der Waals surface area contributed by atoms with E-state index in [4.69, 9.17) is 4.74 Å². The Labute approximate surface area is 119 Å². The minimum absolute atomic E-state index is 0.309. The molecule has 2 aromatic rings. The van der Waals surface area contributed by atoms with Crippen LogP contribution in [0.2, 0.25) is 0 Å². The summed E-state index contributed by atoms with van der Waals surface area (Å²) < 4.78 is 5.17. The molecule has 4 nitrogen and oxygen atoms in total. The summed E-state index contributed by atoms with van der Waals surface area (Å²) in [6.07, 6.45) is 0.772. The van der Waals surface area contributed by atoms with Gasteiger partial charge < -0.3 is 4.74 Å². The van der Waals surface area contributed by atoms with Crippen molar-refractivity contribution in [3.05, 3.63) is 41.6 Å². The molecule has 0 amide bonds. The van der Waals surface area contributed by atoms with E-state index in [0.29, 0.717) is 23.8 Å². The van der Waals surface area contributed by atoms with E-state index in [1.807, 2.05) is 37.3 Å². The highest BCUT2D eigenvalue weighted by atomic mass is 16.5. The third-order valence-corrected chi connectivity index (χ3v) is 2.98. The van der Waals surface area contributed by atoms with Crippen LogP contribution in [-0.2, 0) is 11.2 Å². The van der Waals surface area contributed by atoms with Gasteiger partial charge in [-0.2, -0.15) is 5.10 Å². The molecule has 0 fully saturated rings. The molecule has 0 saturated heterocycles. The molecular weight excluding hydrogens is 252 g/mol. The smallest absolute Gasteiger partial charge is 0.342 e. The topological polar surface area (TPSA) is 55.0 Å². The van der Waals surface area contributed by atoms with E-state index in [9.17, 15) is 4.79 Å². The van der Waals surface area contributed by atoms with Gasteiger partial charge in [0, 0.05) is 5.56 Å². The van der Waals surface area contributed by atoms with Crippen molar-refractivity contribution in [1.29, 1.82) is 0 Å². The molecule has 2 rings (SSSR count). The molecular formula is C16H20N2O2. The highest BCUT2D eigenvalue weighted by Crippen LogP contribution is 2.26. The number of nitrogens with one attached hydrogen (secondary N) is 1. The maximum absolute atomic E-state index is 12.2. The monoisotopic (exact) mass is 272 g/mol. The lowest BCUT2D eigenvalue weighted by molar-refractivity contribution is 0.0526. The van der Waals surface area contributed by atoms with Crippen LogP contribution in [0.5, 0.6) is 0 Å². The maximum Gasteiger partial charge on any atom is 0.342 e. The quantitative estimate of drug-likeness (QED) is 0.848. The van der Waals surface area contributed by atoms with Crippen LogP contribution in [0.4, 0.5) is 0 Å². The number of hydrogen-bond acceptors (Lipinski definition) is 3. The molecule has 1 aromatic carbocycles. The summed E-state index contributed by atoms with van der Waals surface area (Å²) in [6.45, 7) is 6.39. The van der Waals surface area contributed by atoms with Crippen molar-refractivity contribution in [2.45, 2.75) is 27.2 Å². The van der Waals surface area contributed by atoms with Crippen molar-refractivity contribution in [3.63, 3.8) is 0 Å². The largest absolute Gasteiger partial charge is 0.462 e. The Bertz CT molecular complexity index is 573. The fourth-order valence-electron chi connectivity index (χ4n) is 2.16. The molecule has 0 spiro atoms. The van der Waals surface area contributed by atoms with E-state index >= 15 is 0 Å². The van der Waals surface area contributed by atoms with Crippen LogP contribution in [0, 0.1) is 5.92 Å². The SMILES string of the molecule is CCOC(=O)c1c(-c2ccccc2)n[nH]c1CC(C)C. The molecule has 1 aromatic heterocycles. The summed E-state index contributed by atoms with van der Waals surface area (Å²) in [5.74, 6) is 0.128. The number of benzene rings is 1. The molecule has 0 saturated carbocycles. The van der Waals surface area contributed by atoms with Crippen LogP contribution in [0.15, 0.2) is 30.3 Å². The minimum Gasteiger partial charge on any atom is -0.462 e. The van der Waals surface area contributed by atoms with Crippen molar-refractivity contribution < 1.29 is 9.53 Å². The van der Waals surface area contributed by atoms with E-state index in [0.717, 1.165) is 17.7 Å². The zero-order chi connectivity index (χ0) is 14.5. The predicted octanol–water partition coefficient (Wildman–Crippen LogP) is 3.45. The van der Waals surface area contributed by atoms with Crippen molar-refractivity contribution in [1.82, 2.24) is 10.2 Å². The number of carbonyl (C=O) groups excluding carboxylic acids is 1. The van der Waals surface area contributed by atoms with Gasteiger partial charge in [-0.15, -0.1) is 0 Å². The normalized spacial score (nSPS) is 10.8. The van der Waals surface area contributed by atoms with Gasteiger partial charge in [0.05, 0.1) is 12.3 Å². The van der Waals surface area contributed by atoms with Crippen LogP contribution in [-0.4, -0.2) is 22.8 Å². The van der Waals surface area contributed by atoms with E-state index in [1.165, 1.54) is 0 Å². The molecule has 0 radical (unpaired) electrons. The molecule has 0 unspecified atom stereocenters. The first-order valence-corrected chi connectivity index (χ1v) is 6.93. The number of H-pyrrole nitrogens is 1. The highest BCUT2D eigenvalue weighted by molar-refractivity contribution is 5.97. The van der Waals surface area contributed by atoms with Gasteiger partial charge in [0.25, 0.3) is 0 Å². The fraction of sp³-hybridized carbons (Fsp3) is 0.375. The number of hydrogen-bond donors (Lipinski definition) is 1. The average molecular weight is 272 g/mol. The summed E-state index contributed by atoms with van der Waals surface area (Å²) >= 11 is 0. The summed E-state index contributed by atoms with van der Waals surface area (Å²) in [5.41, 5.74) is 2.99. The Balaban J connectivity index is 2.47. The number of aromatic nitrogens is 2. The minimum atomic E-state index is -0.309. The van der Waals surface area contributed by atoms with Crippen molar-refractivity contribution in [2.24, 2.45) is 5.92 Å². The molecule has 20 heavy (non-hydrogen) atoms. The molecule has 1 N–H and O–H groups in total. The third kappa shape index (κ3) is 3.07. The van der Waals surface area contributed by atoms with E-state index in [2.05, 4.69) is 24.0 Å². The van der Waals surface area contributed by atoms with Crippen molar-refractivity contribution >= 4 is 5.97 Å². The molecule has 0 atom stereocenters. The summed E-state index contributed by atoms with van der Waals surface area (Å²) in [5, 5.41) is 7.31. The Morgan fingerprint density at radius 3 is 2.60 bits per heavy atom. The number of aromatic amines is 1. The number of rotatable bonds is 5. The first-order chi connectivity index (χ1) is 9.63. The first-order valence-electron chi connectivity index (χ1n) is 6.93.